The van der Waals surface area contributed by atoms with E-state index in [2.05, 4.69) is 31.3 Å². The lowest BCUT2D eigenvalue weighted by molar-refractivity contribution is 1.39. The Morgan fingerprint density at radius 3 is 2.56 bits per heavy atom. The maximum atomic E-state index is 2.48. The number of hydrogen-bond acceptors (Lipinski definition) is 0. The molecule has 0 nitrogen and oxygen atoms in total. The highest BCUT2D eigenvalue weighted by molar-refractivity contribution is 6.46. The summed E-state index contributed by atoms with van der Waals surface area (Å²) in [4.78, 5) is 0. The lowest BCUT2D eigenvalue weighted by atomic mass is 10.5. The van der Waals surface area contributed by atoms with Crippen molar-refractivity contribution < 1.29 is 0 Å². The van der Waals surface area contributed by atoms with Crippen LogP contribution in [0.5, 0.6) is 0 Å². The van der Waals surface area contributed by atoms with Crippen molar-refractivity contribution in [2.24, 2.45) is 0 Å². The second-order valence-electron chi connectivity index (χ2n) is 2.53. The first-order valence-corrected chi connectivity index (χ1v) is 8.11. The summed E-state index contributed by atoms with van der Waals surface area (Å²) >= 11 is 0. The summed E-state index contributed by atoms with van der Waals surface area (Å²) in [6, 6.07) is 0. The number of rotatable bonds is 2. The average molecular weight is 154 g/mol. The maximum absolute atomic E-state index is 2.48. The van der Waals surface area contributed by atoms with E-state index in [1.54, 1.807) is 5.20 Å². The van der Waals surface area contributed by atoms with Crippen molar-refractivity contribution in [3.05, 3.63) is 23.4 Å². The SMILES string of the molecule is C[SiH2]C1=CC([SiH2]C)C=C1. The van der Waals surface area contributed by atoms with E-state index in [4.69, 9.17) is 0 Å². The van der Waals surface area contributed by atoms with Crippen molar-refractivity contribution in [3.63, 3.8) is 0 Å². The Morgan fingerprint density at radius 2 is 2.22 bits per heavy atom. The molecule has 1 rings (SSSR count). The van der Waals surface area contributed by atoms with Gasteiger partial charge in [0.05, 0.1) is 9.52 Å². The van der Waals surface area contributed by atoms with Crippen molar-refractivity contribution in [1.29, 1.82) is 0 Å². The van der Waals surface area contributed by atoms with Crippen LogP contribution in [0.2, 0.25) is 18.6 Å². The third-order valence-corrected chi connectivity index (χ3v) is 4.60. The van der Waals surface area contributed by atoms with E-state index in [0.29, 0.717) is 0 Å². The van der Waals surface area contributed by atoms with Gasteiger partial charge in [-0.1, -0.05) is 36.5 Å². The highest BCUT2D eigenvalue weighted by atomic mass is 28.2. The molecule has 0 aromatic heterocycles. The van der Waals surface area contributed by atoms with E-state index in [-0.39, 0.29) is 19.0 Å². The molecule has 0 heterocycles. The molecule has 0 saturated heterocycles. The Morgan fingerprint density at radius 1 is 1.44 bits per heavy atom. The molecule has 0 aromatic carbocycles. The summed E-state index contributed by atoms with van der Waals surface area (Å²) in [6.45, 7) is 4.74. The van der Waals surface area contributed by atoms with Gasteiger partial charge in [0.15, 0.2) is 0 Å². The van der Waals surface area contributed by atoms with Crippen LogP contribution in [0.25, 0.3) is 0 Å². The molecule has 0 fully saturated rings. The lowest BCUT2D eigenvalue weighted by Gasteiger charge is -1.94. The van der Waals surface area contributed by atoms with E-state index in [0.717, 1.165) is 5.54 Å². The van der Waals surface area contributed by atoms with Crippen LogP contribution < -0.4 is 0 Å². The molecule has 9 heavy (non-hydrogen) atoms. The second kappa shape index (κ2) is 3.18. The van der Waals surface area contributed by atoms with Crippen LogP contribution in [-0.2, 0) is 0 Å². The molecule has 0 radical (unpaired) electrons. The fraction of sp³-hybridized carbons (Fsp3) is 0.429. The second-order valence-corrected chi connectivity index (χ2v) is 5.81. The predicted octanol–water partition coefficient (Wildman–Crippen LogP) is 0.662. The van der Waals surface area contributed by atoms with Gasteiger partial charge in [0.1, 0.15) is 0 Å². The van der Waals surface area contributed by atoms with Gasteiger partial charge >= 0.3 is 0 Å². The lowest BCUT2D eigenvalue weighted by Crippen LogP contribution is -1.89. The van der Waals surface area contributed by atoms with Crippen molar-refractivity contribution in [2.45, 2.75) is 18.6 Å². The van der Waals surface area contributed by atoms with Crippen LogP contribution in [0.4, 0.5) is 0 Å². The molecule has 1 aliphatic rings. The quantitative estimate of drug-likeness (QED) is 0.513. The highest BCUT2D eigenvalue weighted by Crippen LogP contribution is 2.18. The van der Waals surface area contributed by atoms with E-state index in [9.17, 15) is 0 Å². The summed E-state index contributed by atoms with van der Waals surface area (Å²) in [6.07, 6.45) is 7.21. The normalized spacial score (nSPS) is 27.3. The van der Waals surface area contributed by atoms with E-state index >= 15 is 0 Å². The molecule has 1 aliphatic carbocycles. The Hall–Kier alpha value is -0.0862. The van der Waals surface area contributed by atoms with Gasteiger partial charge in [-0.15, -0.1) is 0 Å². The van der Waals surface area contributed by atoms with Crippen LogP contribution in [0, 0.1) is 0 Å². The Balaban J connectivity index is 2.52. The fourth-order valence-corrected chi connectivity index (χ4v) is 3.31. The van der Waals surface area contributed by atoms with Crippen LogP contribution in [0.3, 0.4) is 0 Å². The number of hydrogen-bond donors (Lipinski definition) is 0. The molecular formula is C7H14Si2. The van der Waals surface area contributed by atoms with E-state index in [1.807, 2.05) is 0 Å². The molecule has 1 unspecified atom stereocenters. The fourth-order valence-electron chi connectivity index (χ4n) is 1.12. The molecule has 50 valence electrons. The topological polar surface area (TPSA) is 0 Å². The summed E-state index contributed by atoms with van der Waals surface area (Å²) in [5.41, 5.74) is 0.910. The molecule has 0 aliphatic heterocycles. The minimum Gasteiger partial charge on any atom is -0.0825 e. The smallest absolute Gasteiger partial charge is 0.0512 e. The Labute approximate surface area is 61.7 Å². The van der Waals surface area contributed by atoms with Gasteiger partial charge in [0.2, 0.25) is 0 Å². The van der Waals surface area contributed by atoms with Gasteiger partial charge in [-0.25, -0.2) is 0 Å². The molecule has 1 atom stereocenters. The van der Waals surface area contributed by atoms with Crippen LogP contribution in [0.1, 0.15) is 0 Å². The standard InChI is InChI=1S/C7H14Si2/c1-8-6-3-4-7(5-6)9-2/h3-6H,8-9H2,1-2H3. The first-order chi connectivity index (χ1) is 4.36. The molecule has 2 heteroatoms. The zero-order valence-electron chi connectivity index (χ0n) is 6.22. The first-order valence-electron chi connectivity index (χ1n) is 3.75. The molecule has 0 aromatic rings. The van der Waals surface area contributed by atoms with Crippen molar-refractivity contribution in [1.82, 2.24) is 0 Å². The third kappa shape index (κ3) is 1.66. The van der Waals surface area contributed by atoms with E-state index in [1.165, 1.54) is 0 Å². The molecule has 0 N–H and O–H groups in total. The van der Waals surface area contributed by atoms with Gasteiger partial charge in [0, 0.05) is 9.52 Å². The summed E-state index contributed by atoms with van der Waals surface area (Å²) in [5.74, 6) is 0. The van der Waals surface area contributed by atoms with Crippen molar-refractivity contribution in [3.8, 4) is 0 Å². The zero-order chi connectivity index (χ0) is 6.69. The zero-order valence-corrected chi connectivity index (χ0v) is 9.05. The van der Waals surface area contributed by atoms with Crippen molar-refractivity contribution >= 4 is 19.0 Å². The molecule has 0 spiro atoms. The van der Waals surface area contributed by atoms with Gasteiger partial charge in [-0.2, -0.15) is 0 Å². The molecule has 0 saturated carbocycles. The first kappa shape index (κ1) is 7.03. The van der Waals surface area contributed by atoms with Crippen molar-refractivity contribution in [2.75, 3.05) is 0 Å². The maximum Gasteiger partial charge on any atom is 0.0512 e. The number of allylic oxidation sites excluding steroid dienone is 4. The minimum atomic E-state index is 0.146. The van der Waals surface area contributed by atoms with Gasteiger partial charge in [-0.05, 0) is 5.54 Å². The summed E-state index contributed by atoms with van der Waals surface area (Å²) in [7, 11) is 0.354. The average Bonchev–Trinajstić information content (AvgIpc) is 2.34. The van der Waals surface area contributed by atoms with Crippen LogP contribution in [0.15, 0.2) is 23.4 Å². The van der Waals surface area contributed by atoms with Gasteiger partial charge < -0.3 is 0 Å². The Kier molecular flexibility index (Phi) is 2.48. The largest absolute Gasteiger partial charge is 0.0825 e. The monoisotopic (exact) mass is 154 g/mol. The molecule has 0 amide bonds. The molecular weight excluding hydrogens is 140 g/mol. The van der Waals surface area contributed by atoms with Crippen LogP contribution >= 0.6 is 0 Å². The summed E-state index contributed by atoms with van der Waals surface area (Å²) < 4.78 is 0. The Bertz CT molecular complexity index is 147. The summed E-state index contributed by atoms with van der Waals surface area (Å²) in [5, 5.41) is 1.68. The van der Waals surface area contributed by atoms with Crippen LogP contribution in [-0.4, -0.2) is 19.0 Å². The minimum absolute atomic E-state index is 0.146. The van der Waals surface area contributed by atoms with Gasteiger partial charge in [-0.3, -0.25) is 0 Å². The highest BCUT2D eigenvalue weighted by Gasteiger charge is 2.04. The van der Waals surface area contributed by atoms with Gasteiger partial charge in [0.25, 0.3) is 0 Å². The third-order valence-electron chi connectivity index (χ3n) is 1.87. The molecule has 0 bridgehead atoms. The van der Waals surface area contributed by atoms with E-state index < -0.39 is 0 Å². The predicted molar refractivity (Wildman–Crippen MR) is 49.8 cm³/mol.